The fraction of sp³-hybridized carbons (Fsp3) is 0.538. The Morgan fingerprint density at radius 2 is 1.95 bits per heavy atom. The summed E-state index contributed by atoms with van der Waals surface area (Å²) in [4.78, 5) is 2.12. The topological polar surface area (TPSA) is 72.6 Å². The first-order valence-corrected chi connectivity index (χ1v) is 8.17. The second kappa shape index (κ2) is 5.90. The highest BCUT2D eigenvalue weighted by Gasteiger charge is 2.28. The number of nitrogens with two attached hydrogens (primary N) is 1. The molecule has 0 aromatic heterocycles. The van der Waals surface area contributed by atoms with Crippen molar-refractivity contribution in [3.63, 3.8) is 0 Å². The molecule has 1 unspecified atom stereocenters. The van der Waals surface area contributed by atoms with Crippen LogP contribution in [0.15, 0.2) is 24.3 Å². The molecule has 1 fully saturated rings. The Hall–Kier alpha value is -1.11. The van der Waals surface area contributed by atoms with Crippen molar-refractivity contribution in [3.05, 3.63) is 29.8 Å². The van der Waals surface area contributed by atoms with Gasteiger partial charge in [0, 0.05) is 25.2 Å². The second-order valence-electron chi connectivity index (χ2n) is 4.68. The lowest BCUT2D eigenvalue weighted by Gasteiger charge is -2.34. The van der Waals surface area contributed by atoms with Gasteiger partial charge in [0.15, 0.2) is 9.84 Å². The maximum absolute atomic E-state index is 11.5. The van der Waals surface area contributed by atoms with Crippen molar-refractivity contribution >= 4 is 9.84 Å². The van der Waals surface area contributed by atoms with E-state index < -0.39 is 9.84 Å². The molecule has 1 aliphatic rings. The van der Waals surface area contributed by atoms with Gasteiger partial charge in [-0.1, -0.05) is 18.2 Å². The van der Waals surface area contributed by atoms with Gasteiger partial charge >= 0.3 is 0 Å². The molecule has 1 aliphatic heterocycles. The van der Waals surface area contributed by atoms with Crippen LogP contribution in [0.25, 0.3) is 0 Å². The van der Waals surface area contributed by atoms with Gasteiger partial charge in [-0.2, -0.15) is 0 Å². The van der Waals surface area contributed by atoms with Gasteiger partial charge in [-0.3, -0.25) is 4.90 Å². The molecule has 1 saturated heterocycles. The predicted molar refractivity (Wildman–Crippen MR) is 75.0 cm³/mol. The van der Waals surface area contributed by atoms with Crippen molar-refractivity contribution in [1.82, 2.24) is 4.90 Å². The Morgan fingerprint density at radius 1 is 1.32 bits per heavy atom. The molecule has 1 aromatic rings. The van der Waals surface area contributed by atoms with Gasteiger partial charge in [-0.15, -0.1) is 0 Å². The van der Waals surface area contributed by atoms with E-state index in [4.69, 9.17) is 10.5 Å². The lowest BCUT2D eigenvalue weighted by Crippen LogP contribution is -2.44. The summed E-state index contributed by atoms with van der Waals surface area (Å²) in [6, 6.07) is 7.75. The Balaban J connectivity index is 2.21. The lowest BCUT2D eigenvalue weighted by atomic mass is 10.0. The number of rotatable bonds is 4. The molecular formula is C13H20N2O3S. The van der Waals surface area contributed by atoms with Crippen LogP contribution in [-0.4, -0.2) is 51.6 Å². The molecule has 19 heavy (non-hydrogen) atoms. The van der Waals surface area contributed by atoms with E-state index in [1.807, 2.05) is 24.3 Å². The third-order valence-electron chi connectivity index (χ3n) is 3.54. The maximum Gasteiger partial charge on any atom is 0.152 e. The van der Waals surface area contributed by atoms with Crippen LogP contribution in [0.2, 0.25) is 0 Å². The van der Waals surface area contributed by atoms with Crippen LogP contribution >= 0.6 is 0 Å². The van der Waals surface area contributed by atoms with Crippen molar-refractivity contribution in [2.24, 2.45) is 5.73 Å². The van der Waals surface area contributed by atoms with Crippen LogP contribution in [0.3, 0.4) is 0 Å². The number of hydrogen-bond acceptors (Lipinski definition) is 5. The minimum absolute atomic E-state index is 0.00616. The van der Waals surface area contributed by atoms with E-state index in [9.17, 15) is 8.42 Å². The Morgan fingerprint density at radius 3 is 2.53 bits per heavy atom. The number of ether oxygens (including phenoxy) is 1. The first kappa shape index (κ1) is 14.3. The molecule has 0 spiro atoms. The van der Waals surface area contributed by atoms with Crippen molar-refractivity contribution in [1.29, 1.82) is 0 Å². The third-order valence-corrected chi connectivity index (χ3v) is 5.15. The number of nitrogens with zero attached hydrogens (tertiary/aromatic N) is 1. The monoisotopic (exact) mass is 284 g/mol. The highest BCUT2D eigenvalue weighted by Crippen LogP contribution is 2.29. The molecule has 1 heterocycles. The Bertz CT molecular complexity index is 516. The highest BCUT2D eigenvalue weighted by atomic mass is 32.2. The van der Waals surface area contributed by atoms with E-state index in [1.165, 1.54) is 0 Å². The first-order chi connectivity index (χ1) is 9.07. The molecule has 0 amide bonds. The summed E-state index contributed by atoms with van der Waals surface area (Å²) < 4.78 is 28.3. The minimum Gasteiger partial charge on any atom is -0.496 e. The van der Waals surface area contributed by atoms with Gasteiger partial charge in [-0.25, -0.2) is 8.42 Å². The van der Waals surface area contributed by atoms with E-state index in [0.29, 0.717) is 19.6 Å². The smallest absolute Gasteiger partial charge is 0.152 e. The summed E-state index contributed by atoms with van der Waals surface area (Å²) in [7, 11) is -1.24. The fourth-order valence-electron chi connectivity index (χ4n) is 2.45. The van der Waals surface area contributed by atoms with Gasteiger partial charge < -0.3 is 10.5 Å². The van der Waals surface area contributed by atoms with Gasteiger partial charge in [0.1, 0.15) is 5.75 Å². The highest BCUT2D eigenvalue weighted by molar-refractivity contribution is 7.91. The molecule has 2 rings (SSSR count). The fourth-order valence-corrected chi connectivity index (χ4v) is 3.68. The molecule has 0 bridgehead atoms. The zero-order valence-electron chi connectivity index (χ0n) is 11.1. The van der Waals surface area contributed by atoms with E-state index in [-0.39, 0.29) is 17.5 Å². The SMILES string of the molecule is COc1ccccc1C(CN)N1CCS(=O)(=O)CC1. The number of para-hydroxylation sites is 1. The van der Waals surface area contributed by atoms with Crippen molar-refractivity contribution in [3.8, 4) is 5.75 Å². The second-order valence-corrected chi connectivity index (χ2v) is 6.98. The van der Waals surface area contributed by atoms with E-state index >= 15 is 0 Å². The summed E-state index contributed by atoms with van der Waals surface area (Å²) in [5, 5.41) is 0. The summed E-state index contributed by atoms with van der Waals surface area (Å²) in [5.74, 6) is 1.21. The van der Waals surface area contributed by atoms with Crippen LogP contribution in [0, 0.1) is 0 Å². The molecule has 5 nitrogen and oxygen atoms in total. The van der Waals surface area contributed by atoms with Crippen molar-refractivity contribution < 1.29 is 13.2 Å². The maximum atomic E-state index is 11.5. The van der Waals surface area contributed by atoms with Crippen LogP contribution < -0.4 is 10.5 Å². The Kier molecular flexibility index (Phi) is 4.44. The van der Waals surface area contributed by atoms with Gasteiger partial charge in [0.25, 0.3) is 0 Å². The number of methoxy groups -OCH3 is 1. The Labute approximate surface area is 114 Å². The number of benzene rings is 1. The van der Waals surface area contributed by atoms with Crippen LogP contribution in [-0.2, 0) is 9.84 Å². The van der Waals surface area contributed by atoms with E-state index in [0.717, 1.165) is 11.3 Å². The standard InChI is InChI=1S/C13H20N2O3S/c1-18-13-5-3-2-4-11(13)12(10-14)15-6-8-19(16,17)9-7-15/h2-5,12H,6-10,14H2,1H3. The summed E-state index contributed by atoms with van der Waals surface area (Å²) in [6.07, 6.45) is 0. The molecule has 0 aliphatic carbocycles. The van der Waals surface area contributed by atoms with Gasteiger partial charge in [-0.05, 0) is 6.07 Å². The van der Waals surface area contributed by atoms with Gasteiger partial charge in [0.05, 0.1) is 24.7 Å². The summed E-state index contributed by atoms with van der Waals surface area (Å²) in [6.45, 7) is 1.50. The third kappa shape index (κ3) is 3.26. The number of hydrogen-bond donors (Lipinski definition) is 1. The molecule has 1 atom stereocenters. The average molecular weight is 284 g/mol. The van der Waals surface area contributed by atoms with E-state index in [2.05, 4.69) is 4.90 Å². The largest absolute Gasteiger partial charge is 0.496 e. The van der Waals surface area contributed by atoms with Crippen LogP contribution in [0.4, 0.5) is 0 Å². The van der Waals surface area contributed by atoms with Gasteiger partial charge in [0.2, 0.25) is 0 Å². The quantitative estimate of drug-likeness (QED) is 0.868. The first-order valence-electron chi connectivity index (χ1n) is 6.35. The van der Waals surface area contributed by atoms with Crippen molar-refractivity contribution in [2.75, 3.05) is 38.2 Å². The predicted octanol–water partition coefficient (Wildman–Crippen LogP) is 0.425. The zero-order valence-corrected chi connectivity index (χ0v) is 11.9. The summed E-state index contributed by atoms with van der Waals surface area (Å²) >= 11 is 0. The van der Waals surface area contributed by atoms with Crippen molar-refractivity contribution in [2.45, 2.75) is 6.04 Å². The normalized spacial score (nSPS) is 20.9. The molecular weight excluding hydrogens is 264 g/mol. The minimum atomic E-state index is -2.87. The molecule has 1 aromatic carbocycles. The lowest BCUT2D eigenvalue weighted by molar-refractivity contribution is 0.214. The molecule has 106 valence electrons. The zero-order chi connectivity index (χ0) is 13.9. The number of sulfone groups is 1. The molecule has 2 N–H and O–H groups in total. The van der Waals surface area contributed by atoms with E-state index in [1.54, 1.807) is 7.11 Å². The van der Waals surface area contributed by atoms with Crippen LogP contribution in [0.1, 0.15) is 11.6 Å². The summed E-state index contributed by atoms with van der Waals surface area (Å²) in [5.41, 5.74) is 6.90. The van der Waals surface area contributed by atoms with Crippen LogP contribution in [0.5, 0.6) is 5.75 Å². The average Bonchev–Trinajstić information content (AvgIpc) is 2.42. The molecule has 0 saturated carbocycles. The molecule has 6 heteroatoms. The molecule has 0 radical (unpaired) electrons.